The van der Waals surface area contributed by atoms with Crippen LogP contribution in [0.15, 0.2) is 28.8 Å². The fraction of sp³-hybridized carbons (Fsp3) is 0.400. The minimum atomic E-state index is -0.594. The Morgan fingerprint density at radius 3 is 2.63 bits per heavy atom. The number of aryl methyl sites for hydroxylation is 2. The molecule has 140 valence electrons. The zero-order valence-corrected chi connectivity index (χ0v) is 16.1. The van der Waals surface area contributed by atoms with Gasteiger partial charge >= 0.3 is 0 Å². The average Bonchev–Trinajstić information content (AvgIpc) is 3.09. The van der Waals surface area contributed by atoms with Crippen LogP contribution in [0.3, 0.4) is 0 Å². The van der Waals surface area contributed by atoms with Crippen molar-refractivity contribution >= 4 is 28.4 Å². The standard InChI is InChI=1S/C20H21ClN4O2/c1-12-16(11-14-10-15(21)6-7-17(14)22-12)18(26)24-20(8-4-3-5-9-20)19-23-13(2)27-25-19/h6-7,10-11H,3-5,8-9H2,1-2H3,(H,24,26). The van der Waals surface area contributed by atoms with E-state index < -0.39 is 5.54 Å². The lowest BCUT2D eigenvalue weighted by Gasteiger charge is -2.35. The van der Waals surface area contributed by atoms with Crippen molar-refractivity contribution in [3.05, 3.63) is 52.3 Å². The number of benzene rings is 1. The lowest BCUT2D eigenvalue weighted by molar-refractivity contribution is 0.0854. The summed E-state index contributed by atoms with van der Waals surface area (Å²) >= 11 is 6.10. The molecule has 1 aliphatic carbocycles. The fourth-order valence-electron chi connectivity index (χ4n) is 3.81. The van der Waals surface area contributed by atoms with Gasteiger partial charge in [-0.2, -0.15) is 4.98 Å². The Labute approximate surface area is 162 Å². The molecule has 0 bridgehead atoms. The molecule has 0 radical (unpaired) electrons. The van der Waals surface area contributed by atoms with Crippen LogP contribution < -0.4 is 5.32 Å². The van der Waals surface area contributed by atoms with E-state index in [9.17, 15) is 4.79 Å². The molecule has 0 saturated heterocycles. The number of hydrogen-bond donors (Lipinski definition) is 1. The van der Waals surface area contributed by atoms with Crippen LogP contribution in [0.1, 0.15) is 59.9 Å². The topological polar surface area (TPSA) is 80.9 Å². The Hall–Kier alpha value is -2.47. The van der Waals surface area contributed by atoms with Crippen LogP contribution in [0.25, 0.3) is 10.9 Å². The van der Waals surface area contributed by atoms with Crippen LogP contribution in [-0.4, -0.2) is 21.0 Å². The summed E-state index contributed by atoms with van der Waals surface area (Å²) in [7, 11) is 0. The molecule has 1 aromatic carbocycles. The Morgan fingerprint density at radius 1 is 1.15 bits per heavy atom. The molecule has 6 nitrogen and oxygen atoms in total. The van der Waals surface area contributed by atoms with Gasteiger partial charge < -0.3 is 9.84 Å². The first kappa shape index (κ1) is 17.9. The minimum absolute atomic E-state index is 0.175. The molecule has 4 rings (SSSR count). The molecular weight excluding hydrogens is 364 g/mol. The van der Waals surface area contributed by atoms with Crippen LogP contribution in [0, 0.1) is 13.8 Å². The molecule has 0 aliphatic heterocycles. The molecule has 0 unspecified atom stereocenters. The fourth-order valence-corrected chi connectivity index (χ4v) is 3.99. The maximum atomic E-state index is 13.2. The molecule has 7 heteroatoms. The number of halogens is 1. The van der Waals surface area contributed by atoms with Gasteiger partial charge in [-0.1, -0.05) is 36.0 Å². The molecule has 27 heavy (non-hydrogen) atoms. The molecule has 2 aromatic heterocycles. The van der Waals surface area contributed by atoms with Gasteiger partial charge in [-0.3, -0.25) is 9.78 Å². The Bertz CT molecular complexity index is 1010. The summed E-state index contributed by atoms with van der Waals surface area (Å²) in [6.07, 6.45) is 4.76. The van der Waals surface area contributed by atoms with Gasteiger partial charge in [-0.25, -0.2) is 0 Å². The Balaban J connectivity index is 1.71. The van der Waals surface area contributed by atoms with E-state index in [4.69, 9.17) is 16.1 Å². The van der Waals surface area contributed by atoms with E-state index >= 15 is 0 Å². The molecule has 0 spiro atoms. The highest BCUT2D eigenvalue weighted by Crippen LogP contribution is 2.36. The summed E-state index contributed by atoms with van der Waals surface area (Å²) in [4.78, 5) is 22.2. The van der Waals surface area contributed by atoms with Gasteiger partial charge in [0.15, 0.2) is 5.82 Å². The number of pyridine rings is 1. The van der Waals surface area contributed by atoms with E-state index in [0.717, 1.165) is 43.0 Å². The Kier molecular flexibility index (Phi) is 4.60. The number of amides is 1. The zero-order valence-electron chi connectivity index (χ0n) is 15.4. The first-order chi connectivity index (χ1) is 13.0. The van der Waals surface area contributed by atoms with Crippen molar-refractivity contribution in [2.24, 2.45) is 0 Å². The lowest BCUT2D eigenvalue weighted by Crippen LogP contribution is -2.48. The maximum absolute atomic E-state index is 13.2. The number of hydrogen-bond acceptors (Lipinski definition) is 5. The quantitative estimate of drug-likeness (QED) is 0.720. The van der Waals surface area contributed by atoms with Gasteiger partial charge in [0.05, 0.1) is 16.8 Å². The van der Waals surface area contributed by atoms with Gasteiger partial charge in [0.2, 0.25) is 5.89 Å². The van der Waals surface area contributed by atoms with Crippen LogP contribution >= 0.6 is 11.6 Å². The molecule has 3 aromatic rings. The maximum Gasteiger partial charge on any atom is 0.253 e. The Morgan fingerprint density at radius 2 is 1.93 bits per heavy atom. The third-order valence-corrected chi connectivity index (χ3v) is 5.46. The smallest absolute Gasteiger partial charge is 0.253 e. The molecule has 2 heterocycles. The normalized spacial score (nSPS) is 16.4. The summed E-state index contributed by atoms with van der Waals surface area (Å²) in [5.74, 6) is 0.885. The molecule has 1 amide bonds. The number of nitrogens with one attached hydrogen (secondary N) is 1. The molecular formula is C20H21ClN4O2. The summed E-state index contributed by atoms with van der Waals surface area (Å²) in [6.45, 7) is 3.60. The number of nitrogens with zero attached hydrogens (tertiary/aromatic N) is 3. The molecule has 1 fully saturated rings. The van der Waals surface area contributed by atoms with E-state index in [1.54, 1.807) is 13.0 Å². The molecule has 1 aliphatic rings. The highest BCUT2D eigenvalue weighted by Gasteiger charge is 2.40. The first-order valence-corrected chi connectivity index (χ1v) is 9.55. The van der Waals surface area contributed by atoms with E-state index in [0.29, 0.717) is 28.0 Å². The highest BCUT2D eigenvalue weighted by molar-refractivity contribution is 6.31. The van der Waals surface area contributed by atoms with E-state index in [1.165, 1.54) is 0 Å². The van der Waals surface area contributed by atoms with E-state index in [1.807, 2.05) is 25.1 Å². The zero-order chi connectivity index (χ0) is 19.0. The summed E-state index contributed by atoms with van der Waals surface area (Å²) < 4.78 is 5.19. The molecule has 1 N–H and O–H groups in total. The van der Waals surface area contributed by atoms with Crippen LogP contribution in [0.5, 0.6) is 0 Å². The number of carbonyl (C=O) groups is 1. The van der Waals surface area contributed by atoms with E-state index in [-0.39, 0.29) is 5.91 Å². The third-order valence-electron chi connectivity index (χ3n) is 5.23. The van der Waals surface area contributed by atoms with Crippen molar-refractivity contribution in [2.45, 2.75) is 51.5 Å². The van der Waals surface area contributed by atoms with Crippen LogP contribution in [0.2, 0.25) is 5.02 Å². The van der Waals surface area contributed by atoms with Crippen LogP contribution in [0.4, 0.5) is 0 Å². The van der Waals surface area contributed by atoms with E-state index in [2.05, 4.69) is 20.4 Å². The largest absolute Gasteiger partial charge is 0.340 e. The van der Waals surface area contributed by atoms with Crippen molar-refractivity contribution in [1.29, 1.82) is 0 Å². The predicted molar refractivity (Wildman–Crippen MR) is 103 cm³/mol. The van der Waals surface area contributed by atoms with Crippen molar-refractivity contribution in [3.8, 4) is 0 Å². The average molecular weight is 385 g/mol. The van der Waals surface area contributed by atoms with Crippen molar-refractivity contribution < 1.29 is 9.32 Å². The lowest BCUT2D eigenvalue weighted by atomic mass is 9.80. The number of fused-ring (bicyclic) bond motifs is 1. The number of rotatable bonds is 3. The predicted octanol–water partition coefficient (Wildman–Crippen LogP) is 4.48. The van der Waals surface area contributed by atoms with Crippen molar-refractivity contribution in [3.63, 3.8) is 0 Å². The van der Waals surface area contributed by atoms with Gasteiger partial charge in [-0.05, 0) is 44.0 Å². The first-order valence-electron chi connectivity index (χ1n) is 9.17. The molecule has 0 atom stereocenters. The third kappa shape index (κ3) is 3.41. The number of aromatic nitrogens is 3. The van der Waals surface area contributed by atoms with Gasteiger partial charge in [0.25, 0.3) is 5.91 Å². The summed E-state index contributed by atoms with van der Waals surface area (Å²) in [5, 5.41) is 8.77. The summed E-state index contributed by atoms with van der Waals surface area (Å²) in [6, 6.07) is 7.32. The second kappa shape index (κ2) is 6.93. The summed E-state index contributed by atoms with van der Waals surface area (Å²) in [5.41, 5.74) is 1.44. The number of carbonyl (C=O) groups excluding carboxylic acids is 1. The van der Waals surface area contributed by atoms with Gasteiger partial charge in [-0.15, -0.1) is 0 Å². The van der Waals surface area contributed by atoms with Gasteiger partial charge in [0, 0.05) is 17.3 Å². The SMILES string of the molecule is Cc1nc(C2(NC(=O)c3cc4cc(Cl)ccc4nc3C)CCCCC2)no1. The van der Waals surface area contributed by atoms with Crippen molar-refractivity contribution in [2.75, 3.05) is 0 Å². The monoisotopic (exact) mass is 384 g/mol. The minimum Gasteiger partial charge on any atom is -0.340 e. The second-order valence-corrected chi connectivity index (χ2v) is 7.63. The van der Waals surface area contributed by atoms with Gasteiger partial charge in [0.1, 0.15) is 5.54 Å². The van der Waals surface area contributed by atoms with Crippen molar-refractivity contribution in [1.82, 2.24) is 20.4 Å². The second-order valence-electron chi connectivity index (χ2n) is 7.19. The highest BCUT2D eigenvalue weighted by atomic mass is 35.5. The van der Waals surface area contributed by atoms with Crippen LogP contribution in [-0.2, 0) is 5.54 Å². The molecule has 1 saturated carbocycles.